The van der Waals surface area contributed by atoms with Crippen molar-refractivity contribution in [2.45, 2.75) is 32.8 Å². The quantitative estimate of drug-likeness (QED) is 0.477. The summed E-state index contributed by atoms with van der Waals surface area (Å²) in [6.45, 7) is 4.13. The fourth-order valence-corrected chi connectivity index (χ4v) is 2.77. The fourth-order valence-electron chi connectivity index (χ4n) is 2.77. The highest BCUT2D eigenvalue weighted by Gasteiger charge is 2.31. The number of hydrogen-bond donors (Lipinski definition) is 3. The summed E-state index contributed by atoms with van der Waals surface area (Å²) >= 11 is 0. The van der Waals surface area contributed by atoms with Crippen molar-refractivity contribution in [3.63, 3.8) is 0 Å². The van der Waals surface area contributed by atoms with E-state index < -0.39 is 6.36 Å². The van der Waals surface area contributed by atoms with Crippen molar-refractivity contribution in [1.82, 2.24) is 9.97 Å². The third-order valence-electron chi connectivity index (χ3n) is 4.33. The molecule has 3 aromatic rings. The number of nitrogens with one attached hydrogen (secondary N) is 2. The highest BCUT2D eigenvalue weighted by atomic mass is 19.4. The summed E-state index contributed by atoms with van der Waals surface area (Å²) in [5.41, 5.74) is 3.03. The predicted octanol–water partition coefficient (Wildman–Crippen LogP) is 4.76. The second-order valence-electron chi connectivity index (χ2n) is 7.10. The van der Waals surface area contributed by atoms with Gasteiger partial charge in [-0.15, -0.1) is 13.2 Å². The Morgan fingerprint density at radius 3 is 2.48 bits per heavy atom. The van der Waals surface area contributed by atoms with Gasteiger partial charge in [-0.3, -0.25) is 0 Å². The van der Waals surface area contributed by atoms with Crippen LogP contribution < -0.4 is 15.4 Å². The number of alkyl halides is 3. The molecule has 0 saturated heterocycles. The van der Waals surface area contributed by atoms with Crippen LogP contribution in [0, 0.1) is 6.92 Å². The first-order valence-corrected chi connectivity index (χ1v) is 9.64. The van der Waals surface area contributed by atoms with Crippen LogP contribution in [0.4, 0.5) is 24.9 Å². The first-order valence-electron chi connectivity index (χ1n) is 9.64. The third-order valence-corrected chi connectivity index (χ3v) is 4.33. The number of aliphatic hydroxyl groups excluding tert-OH is 1. The highest BCUT2D eigenvalue weighted by Crippen LogP contribution is 2.28. The maximum absolute atomic E-state index is 12.6. The van der Waals surface area contributed by atoms with Crippen LogP contribution in [-0.2, 0) is 6.54 Å². The Labute approximate surface area is 178 Å². The molecule has 0 aliphatic carbocycles. The van der Waals surface area contributed by atoms with Gasteiger partial charge in [0.05, 0.1) is 12.3 Å². The van der Waals surface area contributed by atoms with Crippen LogP contribution in [0.3, 0.4) is 0 Å². The zero-order valence-corrected chi connectivity index (χ0v) is 17.1. The minimum atomic E-state index is -4.78. The zero-order valence-electron chi connectivity index (χ0n) is 17.1. The van der Waals surface area contributed by atoms with Crippen molar-refractivity contribution in [3.05, 3.63) is 65.7 Å². The van der Waals surface area contributed by atoms with Crippen molar-refractivity contribution < 1.29 is 23.0 Å². The van der Waals surface area contributed by atoms with Gasteiger partial charge in [-0.05, 0) is 31.5 Å². The van der Waals surface area contributed by atoms with E-state index in [-0.39, 0.29) is 24.3 Å². The molecule has 0 amide bonds. The Hall–Kier alpha value is -3.33. The number of ether oxygens (including phenoxy) is 1. The van der Waals surface area contributed by atoms with E-state index in [2.05, 4.69) is 25.3 Å². The largest absolute Gasteiger partial charge is 0.573 e. The number of aryl methyl sites for hydroxylation is 1. The number of nitrogens with zero attached hydrogens (tertiary/aromatic N) is 2. The molecule has 0 bridgehead atoms. The highest BCUT2D eigenvalue weighted by molar-refractivity contribution is 5.66. The Morgan fingerprint density at radius 1 is 1.06 bits per heavy atom. The molecule has 0 unspecified atom stereocenters. The number of anilines is 2. The van der Waals surface area contributed by atoms with Crippen LogP contribution in [0.2, 0.25) is 0 Å². The number of halogens is 3. The normalized spacial score (nSPS) is 12.3. The van der Waals surface area contributed by atoms with Gasteiger partial charge in [-0.25, -0.2) is 4.98 Å². The number of benzene rings is 2. The first-order chi connectivity index (χ1) is 14.7. The van der Waals surface area contributed by atoms with E-state index in [1.807, 2.05) is 31.2 Å². The number of aromatic nitrogens is 2. The van der Waals surface area contributed by atoms with Crippen molar-refractivity contribution >= 4 is 11.8 Å². The van der Waals surface area contributed by atoms with E-state index >= 15 is 0 Å². The summed E-state index contributed by atoms with van der Waals surface area (Å²) in [7, 11) is 0. The van der Waals surface area contributed by atoms with Crippen molar-refractivity contribution in [2.24, 2.45) is 0 Å². The molecule has 0 aliphatic heterocycles. The summed E-state index contributed by atoms with van der Waals surface area (Å²) in [6, 6.07) is 14.9. The van der Waals surface area contributed by atoms with E-state index in [1.54, 1.807) is 19.1 Å². The molecule has 1 heterocycles. The van der Waals surface area contributed by atoms with Gasteiger partial charge in [0.1, 0.15) is 11.6 Å². The lowest BCUT2D eigenvalue weighted by Gasteiger charge is -2.15. The topological polar surface area (TPSA) is 79.3 Å². The molecule has 3 rings (SSSR count). The van der Waals surface area contributed by atoms with Gasteiger partial charge in [0.15, 0.2) is 0 Å². The Bertz CT molecular complexity index is 1010. The van der Waals surface area contributed by atoms with Gasteiger partial charge in [0.25, 0.3) is 0 Å². The van der Waals surface area contributed by atoms with Crippen LogP contribution in [0.1, 0.15) is 18.1 Å². The fraction of sp³-hybridized carbons (Fsp3) is 0.273. The molecule has 0 radical (unpaired) electrons. The zero-order chi connectivity index (χ0) is 22.4. The molecule has 0 spiro atoms. The van der Waals surface area contributed by atoms with Crippen LogP contribution in [0.15, 0.2) is 54.6 Å². The summed E-state index contributed by atoms with van der Waals surface area (Å²) in [6.07, 6.45) is -4.78. The van der Waals surface area contributed by atoms with Gasteiger partial charge >= 0.3 is 6.36 Å². The summed E-state index contributed by atoms with van der Waals surface area (Å²) < 4.78 is 41.8. The molecule has 0 fully saturated rings. The van der Waals surface area contributed by atoms with Crippen molar-refractivity contribution in [2.75, 3.05) is 17.2 Å². The second kappa shape index (κ2) is 9.65. The van der Waals surface area contributed by atoms with Gasteiger partial charge in [0.2, 0.25) is 5.95 Å². The number of hydrogen-bond acceptors (Lipinski definition) is 6. The minimum absolute atomic E-state index is 0.130. The molecular formula is C22H23F3N4O2. The molecule has 1 atom stereocenters. The molecule has 164 valence electrons. The Kier molecular flexibility index (Phi) is 6.96. The maximum atomic E-state index is 12.6. The SMILES string of the molecule is Cc1ccc(CNc2cc(-c3cccc(OC(F)(F)F)c3)nc(N[C@@H](C)CO)n2)cc1. The van der Waals surface area contributed by atoms with Crippen LogP contribution >= 0.6 is 0 Å². The number of aliphatic hydroxyl groups is 1. The minimum Gasteiger partial charge on any atom is -0.406 e. The lowest BCUT2D eigenvalue weighted by Crippen LogP contribution is -2.21. The lowest BCUT2D eigenvalue weighted by molar-refractivity contribution is -0.274. The summed E-state index contributed by atoms with van der Waals surface area (Å²) in [4.78, 5) is 8.79. The van der Waals surface area contributed by atoms with Gasteiger partial charge in [-0.1, -0.05) is 42.0 Å². The molecule has 2 aromatic carbocycles. The van der Waals surface area contributed by atoms with Crippen LogP contribution in [0.5, 0.6) is 5.75 Å². The number of rotatable bonds is 8. The molecule has 6 nitrogen and oxygen atoms in total. The average molecular weight is 432 g/mol. The van der Waals surface area contributed by atoms with E-state index in [0.29, 0.717) is 23.6 Å². The maximum Gasteiger partial charge on any atom is 0.573 e. The standard InChI is InChI=1S/C22H23F3N4O2/c1-14-6-8-16(9-7-14)12-26-20-11-19(28-21(29-20)27-15(2)13-30)17-4-3-5-18(10-17)31-22(23,24)25/h3-11,15,30H,12-13H2,1-2H3,(H2,26,27,28,29)/t15-/m0/s1. The predicted molar refractivity (Wildman–Crippen MR) is 113 cm³/mol. The Morgan fingerprint density at radius 2 is 1.81 bits per heavy atom. The van der Waals surface area contributed by atoms with Crippen LogP contribution in [-0.4, -0.2) is 34.1 Å². The van der Waals surface area contributed by atoms with E-state index in [9.17, 15) is 18.3 Å². The molecule has 31 heavy (non-hydrogen) atoms. The Balaban J connectivity index is 1.89. The average Bonchev–Trinajstić information content (AvgIpc) is 2.72. The first kappa shape index (κ1) is 22.4. The second-order valence-corrected chi connectivity index (χ2v) is 7.10. The summed E-state index contributed by atoms with van der Waals surface area (Å²) in [5, 5.41) is 15.5. The molecule has 0 saturated carbocycles. The van der Waals surface area contributed by atoms with E-state index in [1.165, 1.54) is 18.2 Å². The van der Waals surface area contributed by atoms with Crippen molar-refractivity contribution in [1.29, 1.82) is 0 Å². The molecule has 1 aromatic heterocycles. The van der Waals surface area contributed by atoms with Gasteiger partial charge in [0, 0.05) is 24.2 Å². The van der Waals surface area contributed by atoms with Gasteiger partial charge in [-0.2, -0.15) is 4.98 Å². The van der Waals surface area contributed by atoms with Crippen LogP contribution in [0.25, 0.3) is 11.3 Å². The summed E-state index contributed by atoms with van der Waals surface area (Å²) in [5.74, 6) is 0.393. The van der Waals surface area contributed by atoms with Gasteiger partial charge < -0.3 is 20.5 Å². The molecular weight excluding hydrogens is 409 g/mol. The molecule has 9 heteroatoms. The smallest absolute Gasteiger partial charge is 0.406 e. The molecule has 0 aliphatic rings. The lowest BCUT2D eigenvalue weighted by atomic mass is 10.1. The third kappa shape index (κ3) is 6.85. The van der Waals surface area contributed by atoms with E-state index in [4.69, 9.17) is 0 Å². The monoisotopic (exact) mass is 432 g/mol. The van der Waals surface area contributed by atoms with E-state index in [0.717, 1.165) is 11.1 Å². The molecule has 3 N–H and O–H groups in total. The van der Waals surface area contributed by atoms with Crippen molar-refractivity contribution in [3.8, 4) is 17.0 Å².